The van der Waals surface area contributed by atoms with Gasteiger partial charge in [-0.05, 0) is 62.1 Å². The Kier molecular flexibility index (Phi) is 10.8. The molecular formula is C37H41N5O6. The number of rotatable bonds is 13. The SMILES string of the molecule is COc1ccc(C(CCCNC(=O)[C@H](C#N)C(C)=O)N2C(=O)c3cccc(N4CCN(C(C)c5ccccc5)CC4)c3C2=O)cc1OC. The van der Waals surface area contributed by atoms with Crippen LogP contribution in [0.1, 0.15) is 70.6 Å². The van der Waals surface area contributed by atoms with Crippen molar-refractivity contribution in [2.45, 2.75) is 38.8 Å². The van der Waals surface area contributed by atoms with Crippen LogP contribution in [0, 0.1) is 17.2 Å². The van der Waals surface area contributed by atoms with Gasteiger partial charge in [0.1, 0.15) is 0 Å². The first-order valence-electron chi connectivity index (χ1n) is 16.1. The molecule has 1 N–H and O–H groups in total. The second-order valence-electron chi connectivity index (χ2n) is 12.0. The Hall–Kier alpha value is -5.21. The smallest absolute Gasteiger partial charge is 0.264 e. The van der Waals surface area contributed by atoms with Gasteiger partial charge in [0.05, 0.1) is 43.1 Å². The molecule has 3 aromatic rings. The van der Waals surface area contributed by atoms with Gasteiger partial charge in [0, 0.05) is 38.8 Å². The summed E-state index contributed by atoms with van der Waals surface area (Å²) in [6.45, 7) is 6.58. The van der Waals surface area contributed by atoms with E-state index < -0.39 is 29.6 Å². The number of hydrogen-bond donors (Lipinski definition) is 1. The van der Waals surface area contributed by atoms with Gasteiger partial charge in [0.15, 0.2) is 23.2 Å². The van der Waals surface area contributed by atoms with Crippen molar-refractivity contribution in [1.29, 1.82) is 5.26 Å². The Morgan fingerprint density at radius 3 is 2.25 bits per heavy atom. The van der Waals surface area contributed by atoms with E-state index in [0.29, 0.717) is 54.1 Å². The number of Topliss-reactive ketones (excluding diaryl/α,β-unsaturated/α-hetero) is 1. The lowest BCUT2D eigenvalue weighted by molar-refractivity contribution is -0.130. The number of imide groups is 1. The minimum Gasteiger partial charge on any atom is -0.493 e. The number of nitrogens with zero attached hydrogens (tertiary/aromatic N) is 4. The highest BCUT2D eigenvalue weighted by Gasteiger charge is 2.43. The Bertz CT molecular complexity index is 1710. The van der Waals surface area contributed by atoms with Gasteiger partial charge >= 0.3 is 0 Å². The van der Waals surface area contributed by atoms with E-state index in [1.807, 2.05) is 30.3 Å². The van der Waals surface area contributed by atoms with E-state index in [9.17, 15) is 24.4 Å². The van der Waals surface area contributed by atoms with Crippen molar-refractivity contribution in [3.63, 3.8) is 0 Å². The fraction of sp³-hybridized carbons (Fsp3) is 0.378. The van der Waals surface area contributed by atoms with Gasteiger partial charge in [-0.3, -0.25) is 29.0 Å². The topological polar surface area (TPSA) is 132 Å². The quantitative estimate of drug-likeness (QED) is 0.161. The van der Waals surface area contributed by atoms with Crippen LogP contribution >= 0.6 is 0 Å². The van der Waals surface area contributed by atoms with Crippen LogP contribution in [0.15, 0.2) is 66.7 Å². The predicted octanol–water partition coefficient (Wildman–Crippen LogP) is 4.55. The molecule has 0 radical (unpaired) electrons. The number of methoxy groups -OCH3 is 2. The summed E-state index contributed by atoms with van der Waals surface area (Å²) in [7, 11) is 3.04. The average Bonchev–Trinajstić information content (AvgIpc) is 3.37. The van der Waals surface area contributed by atoms with Crippen molar-refractivity contribution in [2.24, 2.45) is 5.92 Å². The maximum atomic E-state index is 14.3. The number of hydrogen-bond acceptors (Lipinski definition) is 9. The molecule has 0 bridgehead atoms. The molecule has 48 heavy (non-hydrogen) atoms. The summed E-state index contributed by atoms with van der Waals surface area (Å²) in [6, 6.07) is 22.4. The van der Waals surface area contributed by atoms with Gasteiger partial charge in [-0.1, -0.05) is 42.5 Å². The highest BCUT2D eigenvalue weighted by Crippen LogP contribution is 2.40. The molecule has 11 heteroatoms. The number of nitriles is 1. The van der Waals surface area contributed by atoms with Crippen LogP contribution in [0.3, 0.4) is 0 Å². The maximum Gasteiger partial charge on any atom is 0.264 e. The van der Waals surface area contributed by atoms with E-state index in [-0.39, 0.29) is 18.5 Å². The summed E-state index contributed by atoms with van der Waals surface area (Å²) < 4.78 is 10.9. The zero-order chi connectivity index (χ0) is 34.4. The summed E-state index contributed by atoms with van der Waals surface area (Å²) in [5, 5.41) is 11.8. The summed E-state index contributed by atoms with van der Waals surface area (Å²) in [4.78, 5) is 58.4. The molecule has 250 valence electrons. The normalized spacial score (nSPS) is 16.5. The predicted molar refractivity (Wildman–Crippen MR) is 180 cm³/mol. The Balaban J connectivity index is 1.38. The third kappa shape index (κ3) is 6.89. The average molecular weight is 652 g/mol. The molecule has 1 fully saturated rings. The van der Waals surface area contributed by atoms with E-state index in [1.165, 1.54) is 31.6 Å². The van der Waals surface area contributed by atoms with Crippen molar-refractivity contribution in [1.82, 2.24) is 15.1 Å². The molecule has 2 aliphatic rings. The number of anilines is 1. The minimum atomic E-state index is -1.38. The lowest BCUT2D eigenvalue weighted by atomic mass is 9.99. The molecule has 5 rings (SSSR count). The number of ketones is 1. The fourth-order valence-corrected chi connectivity index (χ4v) is 6.57. The standard InChI is InChI=1S/C37H41N5O6/c1-24(26-10-6-5-7-11-26)40-18-20-41(21-19-40)31-13-8-12-28-34(31)37(46)42(36(28)45)30(27-15-16-32(47-3)33(22-27)48-4)14-9-17-39-35(44)29(23-38)25(2)43/h5-8,10-13,15-16,22,24,29-30H,9,14,17-21H2,1-4H3,(H,39,44)/t24?,29-,30?/m1/s1. The van der Waals surface area contributed by atoms with Crippen LogP contribution in [-0.2, 0) is 9.59 Å². The monoisotopic (exact) mass is 651 g/mol. The summed E-state index contributed by atoms with van der Waals surface area (Å²) in [5.74, 6) is -2.40. The first-order chi connectivity index (χ1) is 23.2. The van der Waals surface area contributed by atoms with Gasteiger partial charge in [-0.2, -0.15) is 5.26 Å². The zero-order valence-electron chi connectivity index (χ0n) is 27.8. The van der Waals surface area contributed by atoms with Gasteiger partial charge < -0.3 is 19.7 Å². The highest BCUT2D eigenvalue weighted by atomic mass is 16.5. The minimum absolute atomic E-state index is 0.147. The first kappa shape index (κ1) is 34.1. The number of nitrogens with one attached hydrogen (secondary N) is 1. The van der Waals surface area contributed by atoms with Crippen LogP contribution < -0.4 is 19.7 Å². The molecule has 3 atom stereocenters. The van der Waals surface area contributed by atoms with Crippen LogP contribution in [0.2, 0.25) is 0 Å². The van der Waals surface area contributed by atoms with Crippen LogP contribution in [0.4, 0.5) is 5.69 Å². The molecule has 2 unspecified atom stereocenters. The van der Waals surface area contributed by atoms with Crippen LogP contribution in [0.25, 0.3) is 0 Å². The molecule has 0 saturated carbocycles. The molecule has 1 saturated heterocycles. The molecule has 2 heterocycles. The van der Waals surface area contributed by atoms with Crippen molar-refractivity contribution in [3.8, 4) is 17.6 Å². The molecule has 11 nitrogen and oxygen atoms in total. The van der Waals surface area contributed by atoms with E-state index in [1.54, 1.807) is 30.3 Å². The second kappa shape index (κ2) is 15.1. The van der Waals surface area contributed by atoms with E-state index in [0.717, 1.165) is 18.8 Å². The zero-order valence-corrected chi connectivity index (χ0v) is 27.8. The molecule has 0 spiro atoms. The largest absolute Gasteiger partial charge is 0.493 e. The molecule has 3 aromatic carbocycles. The number of carbonyl (C=O) groups excluding carboxylic acids is 4. The number of benzene rings is 3. The number of fused-ring (bicyclic) bond motifs is 1. The van der Waals surface area contributed by atoms with Gasteiger partial charge in [0.25, 0.3) is 11.8 Å². The van der Waals surface area contributed by atoms with E-state index in [4.69, 9.17) is 9.47 Å². The van der Waals surface area contributed by atoms with Gasteiger partial charge in [0.2, 0.25) is 5.91 Å². The summed E-state index contributed by atoms with van der Waals surface area (Å²) in [6.07, 6.45) is 0.673. The summed E-state index contributed by atoms with van der Waals surface area (Å²) in [5.41, 5.74) is 3.41. The molecule has 0 aliphatic carbocycles. The molecule has 0 aromatic heterocycles. The Morgan fingerprint density at radius 1 is 0.896 bits per heavy atom. The first-order valence-corrected chi connectivity index (χ1v) is 16.1. The third-order valence-corrected chi connectivity index (χ3v) is 9.26. The lowest BCUT2D eigenvalue weighted by Crippen LogP contribution is -2.47. The van der Waals surface area contributed by atoms with Crippen molar-refractivity contribution in [2.75, 3.05) is 51.8 Å². The second-order valence-corrected chi connectivity index (χ2v) is 12.0. The third-order valence-electron chi connectivity index (χ3n) is 9.26. The molecule has 2 aliphatic heterocycles. The van der Waals surface area contributed by atoms with Crippen LogP contribution in [0.5, 0.6) is 11.5 Å². The highest BCUT2D eigenvalue weighted by molar-refractivity contribution is 6.24. The fourth-order valence-electron chi connectivity index (χ4n) is 6.57. The number of carbonyl (C=O) groups is 4. The van der Waals surface area contributed by atoms with Gasteiger partial charge in [-0.25, -0.2) is 0 Å². The maximum absolute atomic E-state index is 14.3. The van der Waals surface area contributed by atoms with E-state index >= 15 is 0 Å². The van der Waals surface area contributed by atoms with Crippen molar-refractivity contribution < 1.29 is 28.7 Å². The van der Waals surface area contributed by atoms with E-state index in [2.05, 4.69) is 34.2 Å². The number of amides is 3. The number of piperazine rings is 1. The van der Waals surface area contributed by atoms with Gasteiger partial charge in [-0.15, -0.1) is 0 Å². The van der Waals surface area contributed by atoms with Crippen molar-refractivity contribution >= 4 is 29.2 Å². The Morgan fingerprint density at radius 2 is 1.60 bits per heavy atom. The van der Waals surface area contributed by atoms with Crippen LogP contribution in [-0.4, -0.2) is 80.2 Å². The number of ether oxygens (including phenoxy) is 2. The Labute approximate surface area is 281 Å². The molecule has 3 amide bonds. The summed E-state index contributed by atoms with van der Waals surface area (Å²) >= 11 is 0. The lowest BCUT2D eigenvalue weighted by Gasteiger charge is -2.39. The van der Waals surface area contributed by atoms with Crippen molar-refractivity contribution in [3.05, 3.63) is 89.0 Å². The molecular weight excluding hydrogens is 610 g/mol.